The summed E-state index contributed by atoms with van der Waals surface area (Å²) in [7, 11) is 0. The van der Waals surface area contributed by atoms with Gasteiger partial charge in [0, 0.05) is 12.1 Å². The van der Waals surface area contributed by atoms with Crippen LogP contribution in [0.5, 0.6) is 5.88 Å². The summed E-state index contributed by atoms with van der Waals surface area (Å²) in [5, 5.41) is 3.59. The van der Waals surface area contributed by atoms with E-state index in [0.717, 1.165) is 29.5 Å². The molecule has 0 amide bonds. The Morgan fingerprint density at radius 2 is 2.06 bits per heavy atom. The minimum atomic E-state index is 0.648. The van der Waals surface area contributed by atoms with Gasteiger partial charge in [-0.25, -0.2) is 9.97 Å². The Morgan fingerprint density at radius 3 is 2.78 bits per heavy atom. The third kappa shape index (κ3) is 1.51. The van der Waals surface area contributed by atoms with Crippen molar-refractivity contribution in [3.63, 3.8) is 0 Å². The topological polar surface area (TPSA) is 47.0 Å². The molecule has 3 aliphatic carbocycles. The molecule has 0 spiro atoms. The molecule has 4 rings (SSSR count). The number of aromatic nitrogens is 2. The van der Waals surface area contributed by atoms with Gasteiger partial charge in [-0.05, 0) is 49.9 Å². The number of ether oxygens (including phenoxy) is 1. The summed E-state index contributed by atoms with van der Waals surface area (Å²) in [6.07, 6.45) is 5.98. The molecule has 1 aromatic heterocycles. The van der Waals surface area contributed by atoms with Gasteiger partial charge < -0.3 is 10.1 Å². The molecular weight excluding hydrogens is 226 g/mol. The largest absolute Gasteiger partial charge is 0.478 e. The summed E-state index contributed by atoms with van der Waals surface area (Å²) in [4.78, 5) is 8.40. The maximum absolute atomic E-state index is 5.41. The van der Waals surface area contributed by atoms with Crippen molar-refractivity contribution in [2.75, 3.05) is 11.9 Å². The van der Waals surface area contributed by atoms with Crippen LogP contribution in [-0.2, 0) is 0 Å². The van der Waals surface area contributed by atoms with E-state index in [0.29, 0.717) is 18.5 Å². The lowest BCUT2D eigenvalue weighted by Gasteiger charge is -2.11. The van der Waals surface area contributed by atoms with E-state index in [2.05, 4.69) is 15.3 Å². The zero-order chi connectivity index (χ0) is 12.1. The molecule has 1 aromatic rings. The van der Waals surface area contributed by atoms with E-state index in [-0.39, 0.29) is 0 Å². The fourth-order valence-corrected chi connectivity index (χ4v) is 4.33. The molecular formula is C14H19N3O. The highest BCUT2D eigenvalue weighted by Gasteiger charge is 2.65. The smallest absolute Gasteiger partial charge is 0.218 e. The van der Waals surface area contributed by atoms with Gasteiger partial charge in [0.2, 0.25) is 5.88 Å². The van der Waals surface area contributed by atoms with E-state index < -0.39 is 0 Å². The Kier molecular flexibility index (Phi) is 2.26. The van der Waals surface area contributed by atoms with Gasteiger partial charge in [0.25, 0.3) is 0 Å². The highest BCUT2D eigenvalue weighted by Crippen LogP contribution is 2.66. The van der Waals surface area contributed by atoms with E-state index in [1.165, 1.54) is 19.3 Å². The maximum Gasteiger partial charge on any atom is 0.218 e. The lowest BCUT2D eigenvalue weighted by Crippen LogP contribution is -2.13. The highest BCUT2D eigenvalue weighted by atomic mass is 16.5. The monoisotopic (exact) mass is 245 g/mol. The van der Waals surface area contributed by atoms with Crippen molar-refractivity contribution in [3.05, 3.63) is 12.4 Å². The number of nitrogens with zero attached hydrogens (tertiary/aromatic N) is 2. The predicted octanol–water partition coefficient (Wildman–Crippen LogP) is 2.33. The van der Waals surface area contributed by atoms with E-state index in [1.54, 1.807) is 6.33 Å². The van der Waals surface area contributed by atoms with Crippen molar-refractivity contribution in [1.29, 1.82) is 0 Å². The van der Waals surface area contributed by atoms with Gasteiger partial charge in [0.15, 0.2) is 0 Å². The van der Waals surface area contributed by atoms with Gasteiger partial charge in [-0.1, -0.05) is 0 Å². The van der Waals surface area contributed by atoms with Crippen LogP contribution in [0.4, 0.5) is 5.82 Å². The standard InChI is InChI=1S/C14H19N3O/c1-2-18-11-6-10(15-7-16-11)17-14-12-8-3-4-9(5-8)13(12)14/h6-9,12-14H,2-5H2,1H3,(H,15,16,17). The molecule has 0 saturated heterocycles. The van der Waals surface area contributed by atoms with Gasteiger partial charge in [-0.3, -0.25) is 0 Å². The molecule has 0 aliphatic heterocycles. The lowest BCUT2D eigenvalue weighted by molar-refractivity contribution is 0.326. The summed E-state index contributed by atoms with van der Waals surface area (Å²) >= 11 is 0. The van der Waals surface area contributed by atoms with Gasteiger partial charge in [0.1, 0.15) is 12.1 Å². The molecule has 4 atom stereocenters. The molecule has 3 saturated carbocycles. The first-order valence-electron chi connectivity index (χ1n) is 7.08. The maximum atomic E-state index is 5.41. The number of fused-ring (bicyclic) bond motifs is 5. The molecule has 4 nitrogen and oxygen atoms in total. The quantitative estimate of drug-likeness (QED) is 0.884. The van der Waals surface area contributed by atoms with Crippen LogP contribution in [0.1, 0.15) is 26.2 Å². The number of hydrogen-bond acceptors (Lipinski definition) is 4. The van der Waals surface area contributed by atoms with E-state index >= 15 is 0 Å². The second-order valence-electron chi connectivity index (χ2n) is 5.83. The minimum Gasteiger partial charge on any atom is -0.478 e. The van der Waals surface area contributed by atoms with Gasteiger partial charge in [-0.2, -0.15) is 0 Å². The second-order valence-corrected chi connectivity index (χ2v) is 5.83. The second kappa shape index (κ2) is 3.84. The third-order valence-electron chi connectivity index (χ3n) is 4.98. The number of hydrogen-bond donors (Lipinski definition) is 1. The van der Waals surface area contributed by atoms with Crippen LogP contribution in [-0.4, -0.2) is 22.6 Å². The van der Waals surface area contributed by atoms with Crippen LogP contribution in [0, 0.1) is 23.7 Å². The van der Waals surface area contributed by atoms with E-state index in [1.807, 2.05) is 13.0 Å². The minimum absolute atomic E-state index is 0.648. The summed E-state index contributed by atoms with van der Waals surface area (Å²) in [6.45, 7) is 2.62. The molecule has 3 fully saturated rings. The van der Waals surface area contributed by atoms with Crippen LogP contribution < -0.4 is 10.1 Å². The Hall–Kier alpha value is -1.32. The molecule has 1 N–H and O–H groups in total. The Balaban J connectivity index is 1.45. The van der Waals surface area contributed by atoms with Crippen molar-refractivity contribution in [2.45, 2.75) is 32.2 Å². The Labute approximate surface area is 107 Å². The predicted molar refractivity (Wildman–Crippen MR) is 68.4 cm³/mol. The average molecular weight is 245 g/mol. The summed E-state index contributed by atoms with van der Waals surface area (Å²) in [6, 6.07) is 2.58. The fraction of sp³-hybridized carbons (Fsp3) is 0.714. The number of rotatable bonds is 4. The average Bonchev–Trinajstić information content (AvgIpc) is 2.79. The van der Waals surface area contributed by atoms with Crippen molar-refractivity contribution < 1.29 is 4.74 Å². The summed E-state index contributed by atoms with van der Waals surface area (Å²) < 4.78 is 5.41. The zero-order valence-corrected chi connectivity index (χ0v) is 10.7. The van der Waals surface area contributed by atoms with Gasteiger partial charge in [-0.15, -0.1) is 0 Å². The molecule has 3 aliphatic rings. The van der Waals surface area contributed by atoms with Crippen LogP contribution in [0.25, 0.3) is 0 Å². The molecule has 4 unspecified atom stereocenters. The van der Waals surface area contributed by atoms with Crippen molar-refractivity contribution >= 4 is 5.82 Å². The van der Waals surface area contributed by atoms with Crippen LogP contribution >= 0.6 is 0 Å². The highest BCUT2D eigenvalue weighted by molar-refractivity contribution is 5.42. The molecule has 1 heterocycles. The van der Waals surface area contributed by atoms with Crippen molar-refractivity contribution in [3.8, 4) is 5.88 Å². The lowest BCUT2D eigenvalue weighted by atomic mass is 10.0. The van der Waals surface area contributed by atoms with Crippen molar-refractivity contribution in [2.24, 2.45) is 23.7 Å². The first kappa shape index (κ1) is 10.6. The first-order valence-corrected chi connectivity index (χ1v) is 7.08. The van der Waals surface area contributed by atoms with E-state index in [9.17, 15) is 0 Å². The summed E-state index contributed by atoms with van der Waals surface area (Å²) in [5.41, 5.74) is 0. The molecule has 4 heteroatoms. The van der Waals surface area contributed by atoms with Gasteiger partial charge >= 0.3 is 0 Å². The number of anilines is 1. The third-order valence-corrected chi connectivity index (χ3v) is 4.98. The number of nitrogens with one attached hydrogen (secondary N) is 1. The first-order chi connectivity index (χ1) is 8.86. The van der Waals surface area contributed by atoms with Crippen LogP contribution in [0.2, 0.25) is 0 Å². The molecule has 18 heavy (non-hydrogen) atoms. The van der Waals surface area contributed by atoms with Gasteiger partial charge in [0.05, 0.1) is 6.61 Å². The Morgan fingerprint density at radius 1 is 1.28 bits per heavy atom. The Bertz CT molecular complexity index is 448. The molecule has 0 aromatic carbocycles. The summed E-state index contributed by atoms with van der Waals surface area (Å²) in [5.74, 6) is 5.43. The zero-order valence-electron chi connectivity index (χ0n) is 10.7. The molecule has 0 radical (unpaired) electrons. The van der Waals surface area contributed by atoms with Crippen molar-refractivity contribution in [1.82, 2.24) is 9.97 Å². The normalized spacial score (nSPS) is 39.5. The van der Waals surface area contributed by atoms with Crippen LogP contribution in [0.15, 0.2) is 12.4 Å². The van der Waals surface area contributed by atoms with Crippen LogP contribution in [0.3, 0.4) is 0 Å². The molecule has 96 valence electrons. The van der Waals surface area contributed by atoms with E-state index in [4.69, 9.17) is 4.74 Å². The fourth-order valence-electron chi connectivity index (χ4n) is 4.33. The molecule has 2 bridgehead atoms. The SMILES string of the molecule is CCOc1cc(NC2C3C4CCC(C4)C23)ncn1.